The van der Waals surface area contributed by atoms with Gasteiger partial charge < -0.3 is 57.1 Å². The molecule has 2 saturated heterocycles. The van der Waals surface area contributed by atoms with E-state index in [1.165, 1.54) is 39.1 Å². The lowest BCUT2D eigenvalue weighted by Gasteiger charge is -2.43. The van der Waals surface area contributed by atoms with Crippen molar-refractivity contribution in [2.24, 2.45) is 11.7 Å². The lowest BCUT2D eigenvalue weighted by Crippen LogP contribution is -2.64. The van der Waals surface area contributed by atoms with Crippen LogP contribution in [0.15, 0.2) is 66.4 Å². The molecule has 370 valence electrons. The van der Waals surface area contributed by atoms with Crippen molar-refractivity contribution in [2.75, 3.05) is 7.05 Å². The van der Waals surface area contributed by atoms with Crippen LogP contribution in [-0.2, 0) is 60.7 Å². The average molecular weight is 947 g/mol. The number of hydrogen-bond acceptors (Lipinski definition) is 12. The molecule has 9 N–H and O–H groups in total. The number of benzene rings is 2. The number of likely N-dealkylation sites (N-methyl/N-ethyl adjacent to an activating group) is 1. The van der Waals surface area contributed by atoms with Gasteiger partial charge in [-0.05, 0) is 68.7 Å². The number of unbranched alkanes of at least 4 members (excludes halogenated alkanes) is 2. The fourth-order valence-corrected chi connectivity index (χ4v) is 7.98. The van der Waals surface area contributed by atoms with Crippen LogP contribution in [0, 0.1) is 5.92 Å². The molecule has 2 heterocycles. The molecular weight excluding hydrogens is 881 g/mol. The van der Waals surface area contributed by atoms with Crippen molar-refractivity contribution in [1.29, 1.82) is 0 Å². The molecule has 2 aromatic rings. The molecule has 4 rings (SSSR count). The third-order valence-electron chi connectivity index (χ3n) is 12.0. The largest absolute Gasteiger partial charge is 0.508 e. The normalized spacial score (nSPS) is 24.4. The number of carbonyl (C=O) groups is 9. The molecule has 8 atom stereocenters. The number of aliphatic hydroxyl groups is 1. The first-order chi connectivity index (χ1) is 32.2. The van der Waals surface area contributed by atoms with Crippen LogP contribution in [-0.4, -0.2) is 129 Å². The van der Waals surface area contributed by atoms with Crippen LogP contribution < -0.4 is 32.3 Å². The number of nitrogens with one attached hydrogen (secondary N) is 5. The van der Waals surface area contributed by atoms with Gasteiger partial charge in [0.1, 0.15) is 60.0 Å². The van der Waals surface area contributed by atoms with E-state index in [4.69, 9.17) is 10.5 Å². The second kappa shape index (κ2) is 25.3. The van der Waals surface area contributed by atoms with Crippen molar-refractivity contribution in [3.8, 4) is 5.75 Å². The third-order valence-corrected chi connectivity index (χ3v) is 12.0. The Labute approximate surface area is 396 Å². The second-order valence-corrected chi connectivity index (χ2v) is 17.5. The minimum atomic E-state index is -1.78. The molecule has 0 aromatic heterocycles. The highest BCUT2D eigenvalue weighted by Crippen LogP contribution is 2.25. The van der Waals surface area contributed by atoms with Gasteiger partial charge in [0.05, 0.1) is 0 Å². The number of cyclic esters (lactones) is 1. The summed E-state index contributed by atoms with van der Waals surface area (Å²) in [6.45, 7) is 7.88. The Kier molecular flexibility index (Phi) is 20.0. The molecule has 68 heavy (non-hydrogen) atoms. The summed E-state index contributed by atoms with van der Waals surface area (Å²) in [5.74, 6) is -8.40. The number of hydrogen-bond donors (Lipinski definition) is 8. The Morgan fingerprint density at radius 1 is 0.882 bits per heavy atom. The minimum absolute atomic E-state index is 0.0555. The van der Waals surface area contributed by atoms with E-state index in [-0.39, 0.29) is 56.4 Å². The predicted octanol–water partition coefficient (Wildman–Crippen LogP) is 0.720. The van der Waals surface area contributed by atoms with E-state index in [0.29, 0.717) is 17.5 Å². The molecule has 0 spiro atoms. The lowest BCUT2D eigenvalue weighted by molar-refractivity contribution is -0.165. The van der Waals surface area contributed by atoms with Crippen LogP contribution in [0.3, 0.4) is 0 Å². The van der Waals surface area contributed by atoms with Gasteiger partial charge in [-0.25, -0.2) is 4.79 Å². The summed E-state index contributed by atoms with van der Waals surface area (Å²) in [5, 5.41) is 34.3. The molecule has 20 nitrogen and oxygen atoms in total. The van der Waals surface area contributed by atoms with Gasteiger partial charge in [0, 0.05) is 32.7 Å². The van der Waals surface area contributed by atoms with Gasteiger partial charge in [0.25, 0.3) is 11.8 Å². The summed E-state index contributed by atoms with van der Waals surface area (Å²) in [7, 11) is 1.35. The second-order valence-electron chi connectivity index (χ2n) is 17.5. The van der Waals surface area contributed by atoms with Crippen molar-refractivity contribution in [3.63, 3.8) is 0 Å². The number of primary amides is 1. The van der Waals surface area contributed by atoms with E-state index >= 15 is 0 Å². The first-order valence-corrected chi connectivity index (χ1v) is 23.0. The predicted molar refractivity (Wildman–Crippen MR) is 247 cm³/mol. The first-order valence-electron chi connectivity index (χ1n) is 23.0. The van der Waals surface area contributed by atoms with Gasteiger partial charge in [-0.1, -0.05) is 82.2 Å². The highest BCUT2D eigenvalue weighted by molar-refractivity contribution is 6.02. The lowest BCUT2D eigenvalue weighted by atomic mass is 9.95. The quantitative estimate of drug-likeness (QED) is 0.0697. The number of rotatable bonds is 15. The molecule has 2 bridgehead atoms. The molecule has 0 saturated carbocycles. The Bertz CT molecular complexity index is 2170. The average Bonchev–Trinajstić information content (AvgIpc) is 3.29. The van der Waals surface area contributed by atoms with Crippen molar-refractivity contribution in [3.05, 3.63) is 77.5 Å². The van der Waals surface area contributed by atoms with Crippen LogP contribution in [0.4, 0.5) is 0 Å². The number of esters is 1. The number of nitrogens with zero attached hydrogens (tertiary/aromatic N) is 2. The zero-order chi connectivity index (χ0) is 50.2. The van der Waals surface area contributed by atoms with Crippen molar-refractivity contribution < 1.29 is 58.1 Å². The Hall–Kier alpha value is -6.83. The molecule has 0 aliphatic carbocycles. The van der Waals surface area contributed by atoms with Crippen molar-refractivity contribution in [1.82, 2.24) is 36.4 Å². The molecule has 20 heteroatoms. The zero-order valence-electron chi connectivity index (χ0n) is 39.5. The third kappa shape index (κ3) is 14.8. The fraction of sp³-hybridized carbons (Fsp3) is 0.521. The highest BCUT2D eigenvalue weighted by atomic mass is 16.5. The summed E-state index contributed by atoms with van der Waals surface area (Å²) < 4.78 is 5.82. The number of allylic oxidation sites excluding steroid dienone is 1. The van der Waals surface area contributed by atoms with Crippen LogP contribution in [0.25, 0.3) is 0 Å². The number of ether oxygens (including phenoxy) is 1. The Balaban J connectivity index is 1.83. The number of carbonyl (C=O) groups excluding carboxylic acids is 9. The SMILES string of the molecule is C/C=C1\NC(=O)[C@@H](NC(=O)[C@H](CCC(N)=O)NC(=O)CCCCC)[C@@H](C)OC(=O)[C@H](C(C)C)NC(=O)[C@H](Cc2ccc(O)cc2)N(C)C(=O)[C@H](Cc2ccccc2)N2C(=O)[C@H](CC[C@H]2O)NC1=O. The smallest absolute Gasteiger partial charge is 0.329 e. The topological polar surface area (TPSA) is 296 Å². The van der Waals surface area contributed by atoms with E-state index in [2.05, 4.69) is 26.6 Å². The van der Waals surface area contributed by atoms with E-state index in [0.717, 1.165) is 22.6 Å². The maximum atomic E-state index is 15.0. The molecule has 2 aliphatic rings. The maximum absolute atomic E-state index is 15.0. The summed E-state index contributed by atoms with van der Waals surface area (Å²) in [6, 6.07) is 5.88. The van der Waals surface area contributed by atoms with Crippen LogP contribution in [0.1, 0.15) is 97.1 Å². The van der Waals surface area contributed by atoms with Gasteiger partial charge in [0.2, 0.25) is 35.4 Å². The van der Waals surface area contributed by atoms with Crippen LogP contribution >= 0.6 is 0 Å². The maximum Gasteiger partial charge on any atom is 0.329 e. The van der Waals surface area contributed by atoms with E-state index in [1.807, 2.05) is 6.92 Å². The molecule has 8 amide bonds. The van der Waals surface area contributed by atoms with Gasteiger partial charge >= 0.3 is 5.97 Å². The van der Waals surface area contributed by atoms with Crippen LogP contribution in [0.5, 0.6) is 5.75 Å². The summed E-state index contributed by atoms with van der Waals surface area (Å²) in [5.41, 5.74) is 6.11. The summed E-state index contributed by atoms with van der Waals surface area (Å²) >= 11 is 0. The van der Waals surface area contributed by atoms with E-state index in [1.54, 1.807) is 56.3 Å². The first kappa shape index (κ1) is 53.8. The highest BCUT2D eigenvalue weighted by Gasteiger charge is 2.45. The molecule has 0 radical (unpaired) electrons. The molecule has 2 fully saturated rings. The number of nitrogens with two attached hydrogens (primary N) is 1. The number of phenolic OH excluding ortho intramolecular Hbond substituents is 1. The van der Waals surface area contributed by atoms with Crippen LogP contribution in [0.2, 0.25) is 0 Å². The number of fused-ring (bicyclic) bond motifs is 2. The minimum Gasteiger partial charge on any atom is -0.508 e. The van der Waals surface area contributed by atoms with Gasteiger partial charge in [-0.2, -0.15) is 0 Å². The van der Waals surface area contributed by atoms with Gasteiger partial charge in [-0.3, -0.25) is 38.4 Å². The summed E-state index contributed by atoms with van der Waals surface area (Å²) in [6.07, 6.45) is -0.620. The molecule has 2 aromatic carbocycles. The molecule has 2 aliphatic heterocycles. The van der Waals surface area contributed by atoms with Gasteiger partial charge in [-0.15, -0.1) is 0 Å². The monoisotopic (exact) mass is 946 g/mol. The number of aromatic hydroxyl groups is 1. The standard InChI is InChI=1S/C48H66N8O12/c1-7-9-11-16-38(59)50-33(21-23-37(49)58)43(62)54-41-28(5)68-48(67)40(27(3)4)53-44(63)35(25-30-17-19-31(57)20-18-30)55(6)47(66)36(26-29-14-12-10-13-15-29)56-39(60)24-22-34(46(56)65)52-42(61)32(8-2)51-45(41)64/h8,10,12-15,17-20,27-28,33-36,39-41,57,60H,7,9,11,16,21-26H2,1-6H3,(H2,49,58)(H,50,59)(H,51,64)(H,52,61)(H,53,63)(H,54,62)/b32-8-/t28-,33+,34+,35+,36+,39-,40+,41+/m1/s1. The zero-order valence-corrected chi connectivity index (χ0v) is 39.5. The Morgan fingerprint density at radius 2 is 1.53 bits per heavy atom. The number of aliphatic hydroxyl groups excluding tert-OH is 1. The number of phenols is 1. The van der Waals surface area contributed by atoms with Gasteiger partial charge in [0.15, 0.2) is 0 Å². The summed E-state index contributed by atoms with van der Waals surface area (Å²) in [4.78, 5) is 127. The van der Waals surface area contributed by atoms with Crippen molar-refractivity contribution in [2.45, 2.75) is 147 Å². The van der Waals surface area contributed by atoms with E-state index < -0.39 is 108 Å². The molecule has 0 unspecified atom stereocenters. The van der Waals surface area contributed by atoms with E-state index in [9.17, 15) is 53.4 Å². The van der Waals surface area contributed by atoms with Crippen molar-refractivity contribution >= 4 is 53.2 Å². The fourth-order valence-electron chi connectivity index (χ4n) is 7.98. The number of amides is 8. The Morgan fingerprint density at radius 3 is 2.15 bits per heavy atom. The number of piperidine rings is 1. The molecular formula is C48H66N8O12.